The molecule has 38 heavy (non-hydrogen) atoms. The fourth-order valence-corrected chi connectivity index (χ4v) is 4.98. The van der Waals surface area contributed by atoms with Crippen molar-refractivity contribution in [1.29, 1.82) is 0 Å². The molecule has 8 heteroatoms. The number of carbonyl (C=O) groups is 1. The highest BCUT2D eigenvalue weighted by molar-refractivity contribution is 5.92. The second-order valence-corrected chi connectivity index (χ2v) is 10.3. The normalized spacial score (nSPS) is 13.8. The van der Waals surface area contributed by atoms with Crippen LogP contribution in [0.5, 0.6) is 11.5 Å². The number of fused-ring (bicyclic) bond motifs is 1. The van der Waals surface area contributed by atoms with Gasteiger partial charge in [0.25, 0.3) is 5.91 Å². The Kier molecular flexibility index (Phi) is 7.60. The fraction of sp³-hybridized carbons (Fsp3) is 0.367. The number of nitrogens with one attached hydrogen (secondary N) is 2. The Balaban J connectivity index is 0.00000220. The molecule has 0 unspecified atom stereocenters. The van der Waals surface area contributed by atoms with Crippen molar-refractivity contribution in [2.75, 3.05) is 31.5 Å². The van der Waals surface area contributed by atoms with E-state index < -0.39 is 0 Å². The molecule has 0 spiro atoms. The van der Waals surface area contributed by atoms with Crippen LogP contribution in [-0.2, 0) is 7.05 Å². The van der Waals surface area contributed by atoms with Gasteiger partial charge in [-0.05, 0) is 80.2 Å². The number of benzene rings is 2. The first-order valence-corrected chi connectivity index (χ1v) is 13.4. The highest BCUT2D eigenvalue weighted by Gasteiger charge is 2.14. The van der Waals surface area contributed by atoms with E-state index in [1.807, 2.05) is 29.8 Å². The highest BCUT2D eigenvalue weighted by Crippen LogP contribution is 2.29. The van der Waals surface area contributed by atoms with Crippen LogP contribution in [-0.4, -0.2) is 51.5 Å². The van der Waals surface area contributed by atoms with E-state index >= 15 is 0 Å². The quantitative estimate of drug-likeness (QED) is 0.273. The smallest absolute Gasteiger partial charge is 0.270 e. The number of aryl methyl sites for hydroxylation is 2. The molecule has 1 saturated heterocycles. The second kappa shape index (κ2) is 11.2. The molecule has 1 amide bonds. The van der Waals surface area contributed by atoms with Gasteiger partial charge in [-0.3, -0.25) is 9.78 Å². The molecule has 1 fully saturated rings. The molecular formula is C30H40N6O2. The number of carbonyl (C=O) groups excluding carboxylic acids is 1. The monoisotopic (exact) mass is 516 g/mol. The van der Waals surface area contributed by atoms with Gasteiger partial charge in [0.2, 0.25) is 5.95 Å². The zero-order valence-corrected chi connectivity index (χ0v) is 22.6. The third-order valence-corrected chi connectivity index (χ3v) is 7.12. The van der Waals surface area contributed by atoms with Crippen LogP contribution in [0, 0.1) is 6.92 Å². The summed E-state index contributed by atoms with van der Waals surface area (Å²) in [5, 5.41) is 6.43. The Labute approximate surface area is 227 Å². The number of nitrogens with zero attached hydrogens (tertiary/aromatic N) is 4. The maximum atomic E-state index is 12.6. The summed E-state index contributed by atoms with van der Waals surface area (Å²) < 4.78 is 8.12. The molecule has 1 aliphatic rings. The zero-order valence-electron chi connectivity index (χ0n) is 22.6. The maximum absolute atomic E-state index is 12.6. The number of hydrogen-bond donors (Lipinski definition) is 2. The van der Waals surface area contributed by atoms with Crippen LogP contribution in [0.25, 0.3) is 11.0 Å². The van der Waals surface area contributed by atoms with E-state index in [0.717, 1.165) is 42.3 Å². The number of pyridine rings is 1. The van der Waals surface area contributed by atoms with Crippen molar-refractivity contribution in [3.05, 3.63) is 71.5 Å². The summed E-state index contributed by atoms with van der Waals surface area (Å²) in [4.78, 5) is 24.0. The number of likely N-dealkylation sites (tertiary alicyclic amines) is 1. The van der Waals surface area contributed by atoms with Crippen LogP contribution in [0.2, 0.25) is 0 Å². The molecule has 0 bridgehead atoms. The van der Waals surface area contributed by atoms with Gasteiger partial charge in [0, 0.05) is 47.0 Å². The average molecular weight is 517 g/mol. The van der Waals surface area contributed by atoms with Crippen LogP contribution >= 0.6 is 0 Å². The molecule has 8 nitrogen and oxygen atoms in total. The molecule has 0 radical (unpaired) electrons. The summed E-state index contributed by atoms with van der Waals surface area (Å²) in [5.41, 5.74) is 5.77. The Morgan fingerprint density at radius 1 is 1.08 bits per heavy atom. The summed E-state index contributed by atoms with van der Waals surface area (Å²) in [6.45, 7) is 10.3. The number of ether oxygens (including phenoxy) is 1. The molecule has 0 atom stereocenters. The number of aromatic nitrogens is 3. The van der Waals surface area contributed by atoms with Crippen molar-refractivity contribution in [3.8, 4) is 11.5 Å². The van der Waals surface area contributed by atoms with Crippen LogP contribution in [0.3, 0.4) is 0 Å². The van der Waals surface area contributed by atoms with Gasteiger partial charge in [0.05, 0.1) is 11.0 Å². The number of anilines is 2. The minimum Gasteiger partial charge on any atom is -0.457 e. The van der Waals surface area contributed by atoms with Crippen molar-refractivity contribution in [2.45, 2.75) is 39.5 Å². The van der Waals surface area contributed by atoms with Gasteiger partial charge in [-0.1, -0.05) is 19.9 Å². The van der Waals surface area contributed by atoms with Crippen LogP contribution in [0.15, 0.2) is 54.7 Å². The van der Waals surface area contributed by atoms with Gasteiger partial charge in [0.15, 0.2) is 0 Å². The molecule has 2 N–H and O–H groups in total. The fourth-order valence-electron chi connectivity index (χ4n) is 4.98. The molecule has 4 aromatic rings. The molecule has 3 heterocycles. The molecule has 0 aliphatic carbocycles. The van der Waals surface area contributed by atoms with E-state index in [9.17, 15) is 4.79 Å². The minimum atomic E-state index is -0.192. The average Bonchev–Trinajstić information content (AvgIpc) is 3.53. The predicted molar refractivity (Wildman–Crippen MR) is 156 cm³/mol. The zero-order chi connectivity index (χ0) is 26.6. The first-order chi connectivity index (χ1) is 18.4. The molecule has 1 aliphatic heterocycles. The third-order valence-electron chi connectivity index (χ3n) is 7.12. The van der Waals surface area contributed by atoms with Gasteiger partial charge in [-0.15, -0.1) is 0 Å². The van der Waals surface area contributed by atoms with Crippen LogP contribution in [0.4, 0.5) is 11.6 Å². The number of amides is 1. The molecule has 2 aromatic heterocycles. The number of rotatable bonds is 9. The molecule has 0 saturated carbocycles. The Hall–Kier alpha value is -3.91. The first kappa shape index (κ1) is 25.7. The van der Waals surface area contributed by atoms with E-state index in [1.165, 1.54) is 24.0 Å². The van der Waals surface area contributed by atoms with E-state index in [4.69, 9.17) is 9.72 Å². The van der Waals surface area contributed by atoms with E-state index in [0.29, 0.717) is 29.7 Å². The van der Waals surface area contributed by atoms with Gasteiger partial charge in [-0.2, -0.15) is 0 Å². The molecular weight excluding hydrogens is 476 g/mol. The van der Waals surface area contributed by atoms with Crippen molar-refractivity contribution in [1.82, 2.24) is 24.8 Å². The van der Waals surface area contributed by atoms with Crippen molar-refractivity contribution >= 4 is 28.6 Å². The van der Waals surface area contributed by atoms with Gasteiger partial charge >= 0.3 is 0 Å². The number of imidazole rings is 1. The third kappa shape index (κ3) is 5.81. The van der Waals surface area contributed by atoms with Gasteiger partial charge in [0.1, 0.15) is 17.2 Å². The number of hydrogen-bond acceptors (Lipinski definition) is 6. The lowest BCUT2D eigenvalue weighted by molar-refractivity contribution is 0.0944. The maximum Gasteiger partial charge on any atom is 0.270 e. The first-order valence-electron chi connectivity index (χ1n) is 13.4. The predicted octanol–water partition coefficient (Wildman–Crippen LogP) is 6.25. The molecule has 2 aromatic carbocycles. The summed E-state index contributed by atoms with van der Waals surface area (Å²) in [7, 11) is 1.99. The van der Waals surface area contributed by atoms with Crippen LogP contribution < -0.4 is 15.4 Å². The lowest BCUT2D eigenvalue weighted by atomic mass is 9.97. The summed E-state index contributed by atoms with van der Waals surface area (Å²) in [5.74, 6) is 2.21. The van der Waals surface area contributed by atoms with E-state index in [1.54, 1.807) is 18.3 Å². The van der Waals surface area contributed by atoms with Gasteiger partial charge in [-0.25, -0.2) is 4.98 Å². The Morgan fingerprint density at radius 2 is 1.87 bits per heavy atom. The minimum absolute atomic E-state index is 0. The SMILES string of the molecule is Cc1ccc(Nc2nc3cc(Oc4ccnc(C(=O)NCCN5CCCC5)c4)ccc3n2C)cc1C(C)C.[HH].[HH]. The van der Waals surface area contributed by atoms with Gasteiger partial charge < -0.3 is 24.8 Å². The summed E-state index contributed by atoms with van der Waals surface area (Å²) in [6, 6.07) is 15.6. The lowest BCUT2D eigenvalue weighted by Crippen LogP contribution is -2.33. The summed E-state index contributed by atoms with van der Waals surface area (Å²) >= 11 is 0. The lowest BCUT2D eigenvalue weighted by Gasteiger charge is -2.14. The van der Waals surface area contributed by atoms with Crippen molar-refractivity contribution in [3.63, 3.8) is 0 Å². The summed E-state index contributed by atoms with van der Waals surface area (Å²) in [6.07, 6.45) is 4.07. The van der Waals surface area contributed by atoms with Crippen molar-refractivity contribution < 1.29 is 12.4 Å². The van der Waals surface area contributed by atoms with E-state index in [-0.39, 0.29) is 8.76 Å². The Bertz CT molecular complexity index is 1450. The largest absolute Gasteiger partial charge is 0.457 e. The van der Waals surface area contributed by atoms with Crippen molar-refractivity contribution in [2.24, 2.45) is 7.05 Å². The highest BCUT2D eigenvalue weighted by atomic mass is 16.5. The topological polar surface area (TPSA) is 84.3 Å². The van der Waals surface area contributed by atoms with Crippen LogP contribution in [0.1, 0.15) is 57.1 Å². The molecule has 202 valence electrons. The standard InChI is InChI=1S/C30H36N6O2.2H2/c1-20(2)25-17-22(8-7-21(25)3)33-30-34-26-18-23(9-10-28(26)35(30)4)38-24-11-12-31-27(19-24)29(37)32-13-16-36-14-5-6-15-36;;/h7-12,17-20H,5-6,13-16H2,1-4H3,(H,32,37)(H,33,34);2*1H. The second-order valence-electron chi connectivity index (χ2n) is 10.3. The Morgan fingerprint density at radius 3 is 2.66 bits per heavy atom. The van der Waals surface area contributed by atoms with E-state index in [2.05, 4.69) is 59.5 Å². The molecule has 5 rings (SSSR count).